The van der Waals surface area contributed by atoms with Gasteiger partial charge in [0, 0.05) is 31.3 Å². The van der Waals surface area contributed by atoms with Gasteiger partial charge in [0.05, 0.1) is 11.0 Å². The Morgan fingerprint density at radius 1 is 1.38 bits per heavy atom. The van der Waals surface area contributed by atoms with Gasteiger partial charge in [-0.25, -0.2) is 4.98 Å². The Labute approximate surface area is 148 Å². The Morgan fingerprint density at radius 3 is 3.00 bits per heavy atom. The molecule has 0 saturated heterocycles. The summed E-state index contributed by atoms with van der Waals surface area (Å²) >= 11 is 1.98. The number of fused-ring (bicyclic) bond motifs is 1. The fraction of sp³-hybridized carbons (Fsp3) is 0.556. The van der Waals surface area contributed by atoms with Crippen molar-refractivity contribution in [1.82, 2.24) is 20.6 Å². The zero-order chi connectivity index (χ0) is 16.8. The van der Waals surface area contributed by atoms with E-state index in [0.717, 1.165) is 47.5 Å². The molecule has 2 unspecified atom stereocenters. The first kappa shape index (κ1) is 17.1. The number of nitrogens with zero attached hydrogens (tertiary/aromatic N) is 2. The average molecular weight is 346 g/mol. The maximum absolute atomic E-state index is 4.62. The Balaban J connectivity index is 1.40. The highest BCUT2D eigenvalue weighted by atomic mass is 32.2. The van der Waals surface area contributed by atoms with E-state index in [1.807, 2.05) is 37.0 Å². The Hall–Kier alpha value is -1.69. The molecule has 0 radical (unpaired) electrons. The third kappa shape index (κ3) is 4.44. The SMILES string of the molecule is CN=C(NCCCc1nc2ccccc2[nH]1)NC1CCC(SC)C1. The summed E-state index contributed by atoms with van der Waals surface area (Å²) in [6.07, 6.45) is 7.96. The van der Waals surface area contributed by atoms with E-state index in [1.54, 1.807) is 0 Å². The quantitative estimate of drug-likeness (QED) is 0.428. The zero-order valence-electron chi connectivity index (χ0n) is 14.5. The number of aryl methyl sites for hydroxylation is 1. The minimum atomic E-state index is 0.559. The lowest BCUT2D eigenvalue weighted by Crippen LogP contribution is -2.42. The monoisotopic (exact) mass is 345 g/mol. The van der Waals surface area contributed by atoms with E-state index in [9.17, 15) is 0 Å². The second-order valence-corrected chi connectivity index (χ2v) is 7.45. The van der Waals surface area contributed by atoms with Crippen LogP contribution in [0.15, 0.2) is 29.3 Å². The number of H-pyrrole nitrogens is 1. The van der Waals surface area contributed by atoms with Crippen molar-refractivity contribution in [2.75, 3.05) is 19.8 Å². The number of hydrogen-bond acceptors (Lipinski definition) is 3. The molecule has 1 fully saturated rings. The number of aromatic amines is 1. The number of hydrogen-bond donors (Lipinski definition) is 3. The number of aliphatic imine (C=N–C) groups is 1. The van der Waals surface area contributed by atoms with Crippen molar-refractivity contribution in [3.05, 3.63) is 30.1 Å². The van der Waals surface area contributed by atoms with E-state index in [2.05, 4.69) is 37.9 Å². The van der Waals surface area contributed by atoms with Crippen LogP contribution >= 0.6 is 11.8 Å². The van der Waals surface area contributed by atoms with Crippen LogP contribution in [0.4, 0.5) is 0 Å². The number of para-hydroxylation sites is 2. The molecule has 1 saturated carbocycles. The molecule has 1 aromatic heterocycles. The Morgan fingerprint density at radius 2 is 2.25 bits per heavy atom. The summed E-state index contributed by atoms with van der Waals surface area (Å²) in [5.74, 6) is 1.98. The normalized spacial score (nSPS) is 21.3. The van der Waals surface area contributed by atoms with E-state index >= 15 is 0 Å². The van der Waals surface area contributed by atoms with Gasteiger partial charge in [-0.2, -0.15) is 11.8 Å². The molecule has 3 rings (SSSR count). The summed E-state index contributed by atoms with van der Waals surface area (Å²) in [6.45, 7) is 0.898. The second-order valence-electron chi connectivity index (χ2n) is 6.32. The van der Waals surface area contributed by atoms with E-state index in [0.29, 0.717) is 6.04 Å². The number of guanidine groups is 1. The van der Waals surface area contributed by atoms with Crippen molar-refractivity contribution < 1.29 is 0 Å². The number of thioether (sulfide) groups is 1. The summed E-state index contributed by atoms with van der Waals surface area (Å²) in [7, 11) is 1.84. The summed E-state index contributed by atoms with van der Waals surface area (Å²) in [5, 5.41) is 7.78. The molecule has 2 aromatic rings. The molecule has 1 aliphatic carbocycles. The highest BCUT2D eigenvalue weighted by Crippen LogP contribution is 2.27. The van der Waals surface area contributed by atoms with Crippen LogP contribution in [-0.4, -0.2) is 47.1 Å². The molecule has 3 N–H and O–H groups in total. The molecule has 2 atom stereocenters. The van der Waals surface area contributed by atoms with Crippen molar-refractivity contribution in [2.24, 2.45) is 4.99 Å². The molecule has 0 amide bonds. The predicted octanol–water partition coefficient (Wildman–Crippen LogP) is 2.94. The summed E-state index contributed by atoms with van der Waals surface area (Å²) in [6, 6.07) is 8.73. The molecule has 6 heteroatoms. The number of aromatic nitrogens is 2. The van der Waals surface area contributed by atoms with Gasteiger partial charge in [-0.3, -0.25) is 4.99 Å². The highest BCUT2D eigenvalue weighted by molar-refractivity contribution is 7.99. The zero-order valence-corrected chi connectivity index (χ0v) is 15.3. The number of nitrogens with one attached hydrogen (secondary N) is 3. The lowest BCUT2D eigenvalue weighted by molar-refractivity contribution is 0.611. The van der Waals surface area contributed by atoms with Crippen molar-refractivity contribution >= 4 is 28.8 Å². The molecule has 1 aromatic carbocycles. The maximum atomic E-state index is 4.62. The topological polar surface area (TPSA) is 65.1 Å². The minimum absolute atomic E-state index is 0.559. The lowest BCUT2D eigenvalue weighted by atomic mass is 10.2. The largest absolute Gasteiger partial charge is 0.356 e. The van der Waals surface area contributed by atoms with Gasteiger partial charge in [-0.15, -0.1) is 0 Å². The molecule has 1 aliphatic rings. The molecular weight excluding hydrogens is 318 g/mol. The Bertz CT molecular complexity index is 648. The van der Waals surface area contributed by atoms with Crippen molar-refractivity contribution in [3.8, 4) is 0 Å². The summed E-state index contributed by atoms with van der Waals surface area (Å²) in [4.78, 5) is 12.3. The molecule has 0 spiro atoms. The van der Waals surface area contributed by atoms with Crippen LogP contribution in [0.5, 0.6) is 0 Å². The number of imidazole rings is 1. The summed E-state index contributed by atoms with van der Waals surface area (Å²) in [5.41, 5.74) is 2.16. The van der Waals surface area contributed by atoms with E-state index < -0.39 is 0 Å². The van der Waals surface area contributed by atoms with Gasteiger partial charge in [0.15, 0.2) is 5.96 Å². The van der Waals surface area contributed by atoms with Gasteiger partial charge in [-0.1, -0.05) is 12.1 Å². The van der Waals surface area contributed by atoms with Crippen molar-refractivity contribution in [1.29, 1.82) is 0 Å². The Kier molecular flexibility index (Phi) is 6.01. The molecule has 130 valence electrons. The van der Waals surface area contributed by atoms with Crippen LogP contribution in [-0.2, 0) is 6.42 Å². The van der Waals surface area contributed by atoms with Gasteiger partial charge in [0.2, 0.25) is 0 Å². The van der Waals surface area contributed by atoms with Gasteiger partial charge >= 0.3 is 0 Å². The van der Waals surface area contributed by atoms with Crippen molar-refractivity contribution in [3.63, 3.8) is 0 Å². The van der Waals surface area contributed by atoms with Gasteiger partial charge in [0.25, 0.3) is 0 Å². The van der Waals surface area contributed by atoms with E-state index in [1.165, 1.54) is 19.3 Å². The number of rotatable bonds is 6. The van der Waals surface area contributed by atoms with Gasteiger partial charge in [-0.05, 0) is 44.1 Å². The molecule has 0 aliphatic heterocycles. The lowest BCUT2D eigenvalue weighted by Gasteiger charge is -2.17. The first-order valence-corrected chi connectivity index (χ1v) is 10.0. The third-order valence-electron chi connectivity index (χ3n) is 4.60. The highest BCUT2D eigenvalue weighted by Gasteiger charge is 2.24. The first-order chi connectivity index (χ1) is 11.8. The second kappa shape index (κ2) is 8.42. The average Bonchev–Trinajstić information content (AvgIpc) is 3.23. The summed E-state index contributed by atoms with van der Waals surface area (Å²) < 4.78 is 0. The fourth-order valence-electron chi connectivity index (χ4n) is 3.26. The maximum Gasteiger partial charge on any atom is 0.191 e. The van der Waals surface area contributed by atoms with Crippen LogP contribution in [0.3, 0.4) is 0 Å². The fourth-order valence-corrected chi connectivity index (χ4v) is 4.06. The molecule has 0 bridgehead atoms. The van der Waals surface area contributed by atoms with Crippen LogP contribution in [0.1, 0.15) is 31.5 Å². The third-order valence-corrected chi connectivity index (χ3v) is 5.70. The van der Waals surface area contributed by atoms with Crippen LogP contribution in [0.25, 0.3) is 11.0 Å². The first-order valence-electron chi connectivity index (χ1n) is 8.72. The minimum Gasteiger partial charge on any atom is -0.356 e. The van der Waals surface area contributed by atoms with E-state index in [-0.39, 0.29) is 0 Å². The molecule has 5 nitrogen and oxygen atoms in total. The standard InChI is InChI=1S/C18H27N5S/c1-19-18(21-13-9-10-14(12-13)24-2)20-11-5-8-17-22-15-6-3-4-7-16(15)23-17/h3-4,6-7,13-14H,5,8-12H2,1-2H3,(H,22,23)(H2,19,20,21). The van der Waals surface area contributed by atoms with Crippen LogP contribution in [0, 0.1) is 0 Å². The van der Waals surface area contributed by atoms with Crippen LogP contribution < -0.4 is 10.6 Å². The molecule has 24 heavy (non-hydrogen) atoms. The molecule has 1 heterocycles. The van der Waals surface area contributed by atoms with E-state index in [4.69, 9.17) is 0 Å². The van der Waals surface area contributed by atoms with Crippen molar-refractivity contribution in [2.45, 2.75) is 43.4 Å². The van der Waals surface area contributed by atoms with Gasteiger partial charge in [0.1, 0.15) is 5.82 Å². The smallest absolute Gasteiger partial charge is 0.191 e. The number of benzene rings is 1. The van der Waals surface area contributed by atoms with Crippen LogP contribution in [0.2, 0.25) is 0 Å². The molecular formula is C18H27N5S. The van der Waals surface area contributed by atoms with Gasteiger partial charge < -0.3 is 15.6 Å². The predicted molar refractivity (Wildman–Crippen MR) is 104 cm³/mol.